The van der Waals surface area contributed by atoms with E-state index in [9.17, 15) is 9.00 Å². The molecule has 0 spiro atoms. The Morgan fingerprint density at radius 3 is 2.41 bits per heavy atom. The Labute approximate surface area is 248 Å². The number of nitrogens with one attached hydrogen (secondary N) is 1. The van der Waals surface area contributed by atoms with Crippen molar-refractivity contribution in [1.29, 1.82) is 0 Å². The van der Waals surface area contributed by atoms with Gasteiger partial charge in [0.05, 0.1) is 11.4 Å². The van der Waals surface area contributed by atoms with Crippen molar-refractivity contribution >= 4 is 28.6 Å². The highest BCUT2D eigenvalue weighted by atomic mass is 35.5. The van der Waals surface area contributed by atoms with Crippen molar-refractivity contribution in [3.8, 4) is 11.3 Å². The van der Waals surface area contributed by atoms with Crippen molar-refractivity contribution < 1.29 is 18.1 Å². The molecule has 41 heavy (non-hydrogen) atoms. The summed E-state index contributed by atoms with van der Waals surface area (Å²) in [6, 6.07) is 24.2. The molecule has 1 fully saturated rings. The van der Waals surface area contributed by atoms with Crippen molar-refractivity contribution in [3.05, 3.63) is 111 Å². The third kappa shape index (κ3) is 7.53. The average molecular weight is 591 g/mol. The first-order chi connectivity index (χ1) is 19.6. The standard InChI is InChI=1S/C33H35ClN2O4S/c1-33(2,3)27-12-10-23(11-13-27)29(16-21-4-6-24(7-5-21)32(37)35-14-15-41(38)39)30-20-31(40-36-30)26-17-25(22-8-9-22)18-28(34)19-26/h4-7,10-13,17-20,22,29H,8-9,14-16H2,1-3H3,(H,35,37)(H,38,39). The lowest BCUT2D eigenvalue weighted by Crippen LogP contribution is -2.27. The van der Waals surface area contributed by atoms with Gasteiger partial charge < -0.3 is 14.4 Å². The molecule has 2 N–H and O–H groups in total. The normalized spacial score (nSPS) is 15.0. The maximum Gasteiger partial charge on any atom is 0.251 e. The summed E-state index contributed by atoms with van der Waals surface area (Å²) in [6.07, 6.45) is 3.05. The van der Waals surface area contributed by atoms with Crippen LogP contribution in [0.1, 0.15) is 83.8 Å². The molecule has 5 rings (SSSR count). The van der Waals surface area contributed by atoms with E-state index in [1.54, 1.807) is 12.1 Å². The van der Waals surface area contributed by atoms with Gasteiger partial charge >= 0.3 is 0 Å². The number of benzene rings is 3. The van der Waals surface area contributed by atoms with Crippen LogP contribution in [0.4, 0.5) is 0 Å². The Morgan fingerprint density at radius 2 is 1.78 bits per heavy atom. The second-order valence-corrected chi connectivity index (χ2v) is 13.3. The molecule has 0 bridgehead atoms. The third-order valence-electron chi connectivity index (χ3n) is 7.54. The number of nitrogens with zero attached hydrogens (tertiary/aromatic N) is 1. The van der Waals surface area contributed by atoms with E-state index in [-0.39, 0.29) is 29.5 Å². The Bertz CT molecular complexity index is 1540. The zero-order valence-electron chi connectivity index (χ0n) is 23.5. The number of amides is 1. The molecule has 1 aliphatic rings. The number of hydrogen-bond donors (Lipinski definition) is 2. The molecule has 1 saturated carbocycles. The summed E-state index contributed by atoms with van der Waals surface area (Å²) in [5, 5.41) is 7.89. The molecule has 6 nitrogen and oxygen atoms in total. The molecular formula is C33H35ClN2O4S. The summed E-state index contributed by atoms with van der Waals surface area (Å²) >= 11 is 4.52. The number of rotatable bonds is 10. The van der Waals surface area contributed by atoms with Crippen LogP contribution in [0.3, 0.4) is 0 Å². The molecule has 3 aromatic carbocycles. The monoisotopic (exact) mass is 590 g/mol. The van der Waals surface area contributed by atoms with E-state index in [4.69, 9.17) is 20.7 Å². The summed E-state index contributed by atoms with van der Waals surface area (Å²) in [4.78, 5) is 12.4. The Morgan fingerprint density at radius 1 is 1.07 bits per heavy atom. The Hall–Kier alpha value is -3.26. The lowest BCUT2D eigenvalue weighted by atomic mass is 9.83. The molecular weight excluding hydrogens is 556 g/mol. The van der Waals surface area contributed by atoms with E-state index in [1.807, 2.05) is 30.3 Å². The smallest absolute Gasteiger partial charge is 0.251 e. The van der Waals surface area contributed by atoms with Gasteiger partial charge in [-0.1, -0.05) is 73.9 Å². The first-order valence-electron chi connectivity index (χ1n) is 13.9. The maximum absolute atomic E-state index is 12.4. The molecule has 0 aliphatic heterocycles. The van der Waals surface area contributed by atoms with Crippen molar-refractivity contribution in [2.75, 3.05) is 12.3 Å². The fourth-order valence-corrected chi connectivity index (χ4v) is 5.51. The van der Waals surface area contributed by atoms with Crippen LogP contribution in [0.2, 0.25) is 5.02 Å². The molecule has 1 aliphatic carbocycles. The lowest BCUT2D eigenvalue weighted by Gasteiger charge is -2.21. The molecule has 4 aromatic rings. The highest BCUT2D eigenvalue weighted by Gasteiger charge is 2.26. The van der Waals surface area contributed by atoms with Gasteiger partial charge in [-0.05, 0) is 83.2 Å². The molecule has 0 radical (unpaired) electrons. The highest BCUT2D eigenvalue weighted by Crippen LogP contribution is 2.42. The van der Waals surface area contributed by atoms with Crippen molar-refractivity contribution in [1.82, 2.24) is 10.5 Å². The third-order valence-corrected chi connectivity index (χ3v) is 8.31. The van der Waals surface area contributed by atoms with E-state index in [1.165, 1.54) is 24.0 Å². The van der Waals surface area contributed by atoms with E-state index in [2.05, 4.69) is 61.6 Å². The summed E-state index contributed by atoms with van der Waals surface area (Å²) in [5.41, 5.74) is 6.98. The predicted octanol–water partition coefficient (Wildman–Crippen LogP) is 7.50. The van der Waals surface area contributed by atoms with Gasteiger partial charge in [0.25, 0.3) is 5.91 Å². The van der Waals surface area contributed by atoms with E-state index in [0.717, 1.165) is 22.4 Å². The minimum atomic E-state index is -1.94. The molecule has 2 atom stereocenters. The Kier molecular flexibility index (Phi) is 8.78. The molecule has 214 valence electrons. The molecule has 1 heterocycles. The average Bonchev–Trinajstić information content (AvgIpc) is 3.68. The number of hydrogen-bond acceptors (Lipinski definition) is 4. The van der Waals surface area contributed by atoms with Crippen LogP contribution in [0, 0.1) is 0 Å². The van der Waals surface area contributed by atoms with E-state index in [0.29, 0.717) is 28.7 Å². The van der Waals surface area contributed by atoms with Crippen LogP contribution < -0.4 is 5.32 Å². The largest absolute Gasteiger partial charge is 0.356 e. The minimum absolute atomic E-state index is 0.00369. The summed E-state index contributed by atoms with van der Waals surface area (Å²) < 4.78 is 25.6. The van der Waals surface area contributed by atoms with Crippen LogP contribution in [0.25, 0.3) is 11.3 Å². The van der Waals surface area contributed by atoms with E-state index < -0.39 is 11.1 Å². The Balaban J connectivity index is 1.41. The van der Waals surface area contributed by atoms with Crippen LogP contribution in [-0.2, 0) is 22.9 Å². The fourth-order valence-electron chi connectivity index (χ4n) is 4.99. The summed E-state index contributed by atoms with van der Waals surface area (Å²) in [6.45, 7) is 6.74. The SMILES string of the molecule is CC(C)(C)c1ccc(C(Cc2ccc(C(=O)NCCS(=O)O)cc2)c2cc(-c3cc(Cl)cc(C4CC4)c3)on2)cc1. The quantitative estimate of drug-likeness (QED) is 0.187. The van der Waals surface area contributed by atoms with Gasteiger partial charge in [0.15, 0.2) is 16.8 Å². The molecule has 1 amide bonds. The second kappa shape index (κ2) is 12.3. The molecule has 0 saturated heterocycles. The summed E-state index contributed by atoms with van der Waals surface area (Å²) in [5.74, 6) is 0.924. The first kappa shape index (κ1) is 29.2. The fraction of sp³-hybridized carbons (Fsp3) is 0.333. The zero-order valence-corrected chi connectivity index (χ0v) is 25.1. The van der Waals surface area contributed by atoms with Crippen LogP contribution in [-0.4, -0.2) is 32.1 Å². The second-order valence-electron chi connectivity index (χ2n) is 11.8. The maximum atomic E-state index is 12.4. The van der Waals surface area contributed by atoms with Gasteiger partial charge in [0, 0.05) is 34.7 Å². The van der Waals surface area contributed by atoms with Crippen molar-refractivity contribution in [2.45, 2.75) is 57.3 Å². The van der Waals surface area contributed by atoms with Gasteiger partial charge in [0.2, 0.25) is 0 Å². The topological polar surface area (TPSA) is 92.4 Å². The zero-order chi connectivity index (χ0) is 29.1. The number of carbonyl (C=O) groups excluding carboxylic acids is 1. The van der Waals surface area contributed by atoms with Crippen LogP contribution >= 0.6 is 11.6 Å². The van der Waals surface area contributed by atoms with Gasteiger partial charge in [-0.15, -0.1) is 0 Å². The summed E-state index contributed by atoms with van der Waals surface area (Å²) in [7, 11) is 0. The van der Waals surface area contributed by atoms with Gasteiger partial charge in [0.1, 0.15) is 0 Å². The van der Waals surface area contributed by atoms with Crippen molar-refractivity contribution in [2.24, 2.45) is 0 Å². The number of carbonyl (C=O) groups is 1. The van der Waals surface area contributed by atoms with Crippen LogP contribution in [0.5, 0.6) is 0 Å². The molecule has 2 unspecified atom stereocenters. The minimum Gasteiger partial charge on any atom is -0.356 e. The highest BCUT2D eigenvalue weighted by molar-refractivity contribution is 7.79. The van der Waals surface area contributed by atoms with Gasteiger partial charge in [-0.25, -0.2) is 4.21 Å². The molecule has 1 aromatic heterocycles. The van der Waals surface area contributed by atoms with Crippen LogP contribution in [0.15, 0.2) is 77.3 Å². The van der Waals surface area contributed by atoms with Crippen molar-refractivity contribution in [3.63, 3.8) is 0 Å². The predicted molar refractivity (Wildman–Crippen MR) is 164 cm³/mol. The lowest BCUT2D eigenvalue weighted by molar-refractivity contribution is 0.0956. The first-order valence-corrected chi connectivity index (χ1v) is 15.5. The van der Waals surface area contributed by atoms with Gasteiger partial charge in [-0.3, -0.25) is 4.79 Å². The molecule has 8 heteroatoms. The number of aromatic nitrogens is 1. The number of halogens is 1. The van der Waals surface area contributed by atoms with Gasteiger partial charge in [-0.2, -0.15) is 0 Å². The van der Waals surface area contributed by atoms with E-state index >= 15 is 0 Å².